The lowest BCUT2D eigenvalue weighted by Crippen LogP contribution is -2.35. The summed E-state index contributed by atoms with van der Waals surface area (Å²) in [5, 5.41) is 3.31. The normalized spacial score (nSPS) is 22.5. The first-order valence-electron chi connectivity index (χ1n) is 5.08. The molecule has 4 nitrogen and oxygen atoms in total. The third-order valence-electron chi connectivity index (χ3n) is 2.39. The van der Waals surface area contributed by atoms with Gasteiger partial charge in [0.15, 0.2) is 5.89 Å². The number of hydrogen-bond donors (Lipinski definition) is 1. The zero-order valence-electron chi connectivity index (χ0n) is 8.45. The van der Waals surface area contributed by atoms with E-state index in [1.54, 1.807) is 6.26 Å². The van der Waals surface area contributed by atoms with Gasteiger partial charge in [-0.15, -0.1) is 0 Å². The van der Waals surface area contributed by atoms with Crippen LogP contribution in [-0.2, 0) is 11.3 Å². The molecule has 1 atom stereocenters. The van der Waals surface area contributed by atoms with Crippen molar-refractivity contribution in [3.63, 3.8) is 0 Å². The lowest BCUT2D eigenvalue weighted by molar-refractivity contribution is 0.0236. The molecule has 0 radical (unpaired) electrons. The van der Waals surface area contributed by atoms with Crippen molar-refractivity contribution in [3.05, 3.63) is 17.8 Å². The Morgan fingerprint density at radius 2 is 2.64 bits per heavy atom. The van der Waals surface area contributed by atoms with Crippen LogP contribution in [0.5, 0.6) is 0 Å². The van der Waals surface area contributed by atoms with Crippen LogP contribution in [0.4, 0.5) is 0 Å². The summed E-state index contributed by atoms with van der Waals surface area (Å²) in [6.07, 6.45) is 4.33. The summed E-state index contributed by atoms with van der Waals surface area (Å²) in [6.45, 7) is 4.47. The van der Waals surface area contributed by atoms with Gasteiger partial charge in [-0.1, -0.05) is 0 Å². The smallest absolute Gasteiger partial charge is 0.191 e. The molecule has 0 saturated carbocycles. The van der Waals surface area contributed by atoms with Crippen LogP contribution >= 0.6 is 0 Å². The van der Waals surface area contributed by atoms with E-state index in [4.69, 9.17) is 9.15 Å². The van der Waals surface area contributed by atoms with Gasteiger partial charge in [-0.3, -0.25) is 0 Å². The maximum Gasteiger partial charge on any atom is 0.191 e. The van der Waals surface area contributed by atoms with Crippen molar-refractivity contribution in [1.82, 2.24) is 10.3 Å². The second-order valence-corrected chi connectivity index (χ2v) is 3.64. The van der Waals surface area contributed by atoms with Gasteiger partial charge in [0.1, 0.15) is 12.0 Å². The molecule has 1 aliphatic heterocycles. The molecule has 0 unspecified atom stereocenters. The highest BCUT2D eigenvalue weighted by molar-refractivity contribution is 4.93. The van der Waals surface area contributed by atoms with Crippen molar-refractivity contribution < 1.29 is 9.15 Å². The number of nitrogens with one attached hydrogen (secondary N) is 1. The SMILES string of the molecule is Cc1nc(CO[C@@H]2CCCNC2)co1. The summed E-state index contributed by atoms with van der Waals surface area (Å²) in [7, 11) is 0. The minimum Gasteiger partial charge on any atom is -0.449 e. The molecule has 2 rings (SSSR count). The van der Waals surface area contributed by atoms with Crippen molar-refractivity contribution in [3.8, 4) is 0 Å². The Hall–Kier alpha value is -0.870. The molecule has 0 bridgehead atoms. The van der Waals surface area contributed by atoms with E-state index in [-0.39, 0.29) is 0 Å². The van der Waals surface area contributed by atoms with Gasteiger partial charge in [0.05, 0.1) is 12.7 Å². The Bertz CT molecular complexity index is 279. The highest BCUT2D eigenvalue weighted by Gasteiger charge is 2.13. The molecule has 0 spiro atoms. The first-order chi connectivity index (χ1) is 6.84. The largest absolute Gasteiger partial charge is 0.449 e. The van der Waals surface area contributed by atoms with Crippen molar-refractivity contribution in [2.75, 3.05) is 13.1 Å². The second kappa shape index (κ2) is 4.57. The molecule has 4 heteroatoms. The van der Waals surface area contributed by atoms with E-state index in [1.807, 2.05) is 6.92 Å². The van der Waals surface area contributed by atoms with Crippen molar-refractivity contribution in [2.24, 2.45) is 0 Å². The summed E-state index contributed by atoms with van der Waals surface area (Å²) in [5.41, 5.74) is 0.882. The summed E-state index contributed by atoms with van der Waals surface area (Å²) in [5.74, 6) is 0.699. The van der Waals surface area contributed by atoms with Gasteiger partial charge in [0.2, 0.25) is 0 Å². The maximum atomic E-state index is 5.70. The molecule has 0 aliphatic carbocycles. The quantitative estimate of drug-likeness (QED) is 0.790. The van der Waals surface area contributed by atoms with Gasteiger partial charge in [0.25, 0.3) is 0 Å². The Morgan fingerprint density at radius 1 is 1.71 bits per heavy atom. The van der Waals surface area contributed by atoms with E-state index in [0.717, 1.165) is 25.2 Å². The number of oxazole rings is 1. The van der Waals surface area contributed by atoms with E-state index < -0.39 is 0 Å². The third kappa shape index (κ3) is 2.56. The Labute approximate surface area is 83.7 Å². The first kappa shape index (κ1) is 9.68. The maximum absolute atomic E-state index is 5.70. The van der Waals surface area contributed by atoms with Gasteiger partial charge < -0.3 is 14.5 Å². The van der Waals surface area contributed by atoms with Crippen LogP contribution in [0.1, 0.15) is 24.4 Å². The number of nitrogens with zero attached hydrogens (tertiary/aromatic N) is 1. The molecule has 1 aliphatic rings. The van der Waals surface area contributed by atoms with E-state index >= 15 is 0 Å². The molecular formula is C10H16N2O2. The van der Waals surface area contributed by atoms with E-state index in [0.29, 0.717) is 18.6 Å². The highest BCUT2D eigenvalue weighted by atomic mass is 16.5. The lowest BCUT2D eigenvalue weighted by Gasteiger charge is -2.22. The van der Waals surface area contributed by atoms with Gasteiger partial charge in [0, 0.05) is 13.5 Å². The number of piperidine rings is 1. The fourth-order valence-corrected chi connectivity index (χ4v) is 1.64. The monoisotopic (exact) mass is 196 g/mol. The Kier molecular flexibility index (Phi) is 3.16. The fraction of sp³-hybridized carbons (Fsp3) is 0.700. The standard InChI is InChI=1S/C10H16N2O2/c1-8-12-9(6-13-8)7-14-10-3-2-4-11-5-10/h6,10-11H,2-5,7H2,1H3/t10-/m1/s1. The molecule has 1 saturated heterocycles. The molecule has 1 fully saturated rings. The predicted octanol–water partition coefficient (Wildman–Crippen LogP) is 1.25. The fourth-order valence-electron chi connectivity index (χ4n) is 1.64. The summed E-state index contributed by atoms with van der Waals surface area (Å²) in [6, 6.07) is 0. The van der Waals surface area contributed by atoms with Crippen LogP contribution in [0.2, 0.25) is 0 Å². The van der Waals surface area contributed by atoms with Gasteiger partial charge in [-0.25, -0.2) is 4.98 Å². The number of hydrogen-bond acceptors (Lipinski definition) is 4. The van der Waals surface area contributed by atoms with E-state index in [9.17, 15) is 0 Å². The van der Waals surface area contributed by atoms with E-state index in [1.165, 1.54) is 6.42 Å². The van der Waals surface area contributed by atoms with Crippen molar-refractivity contribution in [2.45, 2.75) is 32.5 Å². The highest BCUT2D eigenvalue weighted by Crippen LogP contribution is 2.09. The first-order valence-corrected chi connectivity index (χ1v) is 5.08. The topological polar surface area (TPSA) is 47.3 Å². The van der Waals surface area contributed by atoms with Crippen LogP contribution < -0.4 is 5.32 Å². The van der Waals surface area contributed by atoms with Crippen LogP contribution in [0.25, 0.3) is 0 Å². The summed E-state index contributed by atoms with van der Waals surface area (Å²) >= 11 is 0. The molecular weight excluding hydrogens is 180 g/mol. The number of rotatable bonds is 3. The molecule has 1 N–H and O–H groups in total. The molecule has 2 heterocycles. The third-order valence-corrected chi connectivity index (χ3v) is 2.39. The Balaban J connectivity index is 1.76. The zero-order chi connectivity index (χ0) is 9.80. The zero-order valence-corrected chi connectivity index (χ0v) is 8.45. The second-order valence-electron chi connectivity index (χ2n) is 3.64. The number of aromatic nitrogens is 1. The molecule has 1 aromatic heterocycles. The van der Waals surface area contributed by atoms with Gasteiger partial charge in [-0.2, -0.15) is 0 Å². The minimum atomic E-state index is 0.334. The summed E-state index contributed by atoms with van der Waals surface area (Å²) in [4.78, 5) is 4.18. The van der Waals surface area contributed by atoms with Gasteiger partial charge >= 0.3 is 0 Å². The minimum absolute atomic E-state index is 0.334. The van der Waals surface area contributed by atoms with Crippen LogP contribution in [0.15, 0.2) is 10.7 Å². The number of ether oxygens (including phenoxy) is 1. The number of aryl methyl sites for hydroxylation is 1. The molecule has 1 aromatic rings. The molecule has 0 amide bonds. The van der Waals surface area contributed by atoms with Crippen LogP contribution in [-0.4, -0.2) is 24.2 Å². The van der Waals surface area contributed by atoms with Crippen LogP contribution in [0.3, 0.4) is 0 Å². The van der Waals surface area contributed by atoms with Crippen LogP contribution in [0, 0.1) is 6.92 Å². The van der Waals surface area contributed by atoms with Crippen molar-refractivity contribution in [1.29, 1.82) is 0 Å². The molecule has 0 aromatic carbocycles. The molecule has 78 valence electrons. The molecule has 14 heavy (non-hydrogen) atoms. The average Bonchev–Trinajstić information content (AvgIpc) is 2.63. The lowest BCUT2D eigenvalue weighted by atomic mass is 10.1. The average molecular weight is 196 g/mol. The van der Waals surface area contributed by atoms with Crippen molar-refractivity contribution >= 4 is 0 Å². The predicted molar refractivity (Wildman–Crippen MR) is 51.9 cm³/mol. The van der Waals surface area contributed by atoms with Gasteiger partial charge in [-0.05, 0) is 19.4 Å². The summed E-state index contributed by atoms with van der Waals surface area (Å²) < 4.78 is 10.8. The van der Waals surface area contributed by atoms with E-state index in [2.05, 4.69) is 10.3 Å². The Morgan fingerprint density at radius 3 is 3.29 bits per heavy atom.